The lowest BCUT2D eigenvalue weighted by atomic mass is 10.1. The van der Waals surface area contributed by atoms with E-state index >= 15 is 0 Å². The van der Waals surface area contributed by atoms with Crippen molar-refractivity contribution in [3.8, 4) is 0 Å². The van der Waals surface area contributed by atoms with E-state index in [9.17, 15) is 22.9 Å². The highest BCUT2D eigenvalue weighted by atomic mass is 127. The average molecular weight is 414 g/mol. The fourth-order valence-electron chi connectivity index (χ4n) is 2.06. The van der Waals surface area contributed by atoms with Gasteiger partial charge < -0.3 is 5.32 Å². The molecule has 0 spiro atoms. The molecule has 1 saturated heterocycles. The lowest BCUT2D eigenvalue weighted by molar-refractivity contribution is -0.384. The van der Waals surface area contributed by atoms with Crippen molar-refractivity contribution in [1.29, 1.82) is 0 Å². The van der Waals surface area contributed by atoms with Crippen LogP contribution < -0.4 is 5.32 Å². The van der Waals surface area contributed by atoms with Gasteiger partial charge in [-0.15, -0.1) is 0 Å². The molecule has 1 aliphatic heterocycles. The van der Waals surface area contributed by atoms with Crippen molar-refractivity contribution in [2.75, 3.05) is 16.8 Å². The smallest absolute Gasteiger partial charge is 0.293 e. The van der Waals surface area contributed by atoms with Gasteiger partial charge in [-0.1, -0.05) is 0 Å². The van der Waals surface area contributed by atoms with Gasteiger partial charge in [0, 0.05) is 18.2 Å². The van der Waals surface area contributed by atoms with Crippen LogP contribution in [0.25, 0.3) is 0 Å². The third-order valence-electron chi connectivity index (χ3n) is 3.15. The third kappa shape index (κ3) is 3.57. The van der Waals surface area contributed by atoms with Crippen molar-refractivity contribution >= 4 is 43.8 Å². The molecule has 6 nitrogen and oxygen atoms in total. The van der Waals surface area contributed by atoms with Crippen LogP contribution in [0.3, 0.4) is 0 Å². The van der Waals surface area contributed by atoms with Gasteiger partial charge in [0.15, 0.2) is 0 Å². The molecule has 0 atom stereocenters. The summed E-state index contributed by atoms with van der Waals surface area (Å²) in [6.07, 6.45) is 0.736. The van der Waals surface area contributed by atoms with Crippen LogP contribution in [-0.2, 0) is 9.84 Å². The highest BCUT2D eigenvalue weighted by molar-refractivity contribution is 14.1. The van der Waals surface area contributed by atoms with Gasteiger partial charge in [-0.25, -0.2) is 12.8 Å². The van der Waals surface area contributed by atoms with Gasteiger partial charge in [-0.05, 0) is 35.4 Å². The number of hydrogen-bond donors (Lipinski definition) is 1. The molecule has 1 aromatic rings. The first-order chi connectivity index (χ1) is 9.28. The summed E-state index contributed by atoms with van der Waals surface area (Å²) in [5, 5.41) is 13.9. The highest BCUT2D eigenvalue weighted by Gasteiger charge is 2.26. The van der Waals surface area contributed by atoms with Crippen LogP contribution in [0.15, 0.2) is 12.1 Å². The van der Waals surface area contributed by atoms with E-state index in [0.29, 0.717) is 12.8 Å². The third-order valence-corrected chi connectivity index (χ3v) is 5.69. The van der Waals surface area contributed by atoms with Crippen molar-refractivity contribution < 1.29 is 17.7 Å². The Labute approximate surface area is 129 Å². The standard InChI is InChI=1S/C11H12FIN2O4S/c12-8-5-10(11(15(16)17)6-9(8)13)14-7-1-3-20(18,19)4-2-7/h5-7,14H,1-4H2. The molecule has 0 radical (unpaired) electrons. The van der Waals surface area contributed by atoms with Gasteiger partial charge in [-0.3, -0.25) is 10.1 Å². The number of anilines is 1. The van der Waals surface area contributed by atoms with Crippen molar-refractivity contribution in [3.05, 3.63) is 31.6 Å². The summed E-state index contributed by atoms with van der Waals surface area (Å²) < 4.78 is 36.4. The fourth-order valence-corrected chi connectivity index (χ4v) is 4.00. The van der Waals surface area contributed by atoms with E-state index in [0.717, 1.165) is 12.1 Å². The van der Waals surface area contributed by atoms with Gasteiger partial charge in [0.25, 0.3) is 5.69 Å². The normalized spacial score (nSPS) is 18.7. The fraction of sp³-hybridized carbons (Fsp3) is 0.455. The highest BCUT2D eigenvalue weighted by Crippen LogP contribution is 2.30. The Morgan fingerprint density at radius 2 is 1.95 bits per heavy atom. The summed E-state index contributed by atoms with van der Waals surface area (Å²) in [7, 11) is -3.00. The Hall–Kier alpha value is -0.970. The van der Waals surface area contributed by atoms with Crippen LogP contribution in [0.5, 0.6) is 0 Å². The van der Waals surface area contributed by atoms with Crippen LogP contribution in [-0.4, -0.2) is 30.9 Å². The van der Waals surface area contributed by atoms with Gasteiger partial charge in [0.2, 0.25) is 0 Å². The van der Waals surface area contributed by atoms with Gasteiger partial charge in [0.1, 0.15) is 21.3 Å². The zero-order valence-electron chi connectivity index (χ0n) is 10.3. The molecule has 0 bridgehead atoms. The molecule has 0 unspecified atom stereocenters. The van der Waals surface area contributed by atoms with Gasteiger partial charge in [-0.2, -0.15) is 0 Å². The average Bonchev–Trinajstić information content (AvgIpc) is 2.35. The molecule has 1 fully saturated rings. The molecule has 2 rings (SSSR count). The lowest BCUT2D eigenvalue weighted by Gasteiger charge is -2.24. The van der Waals surface area contributed by atoms with Crippen molar-refractivity contribution in [1.82, 2.24) is 0 Å². The molecule has 1 aliphatic rings. The molecule has 1 heterocycles. The number of halogens is 2. The van der Waals surface area contributed by atoms with Crippen molar-refractivity contribution in [2.45, 2.75) is 18.9 Å². The number of nitro benzene ring substituents is 1. The van der Waals surface area contributed by atoms with E-state index in [4.69, 9.17) is 0 Å². The zero-order valence-corrected chi connectivity index (χ0v) is 13.3. The number of nitrogens with zero attached hydrogens (tertiary/aromatic N) is 1. The maximum Gasteiger partial charge on any atom is 0.293 e. The number of benzene rings is 1. The molecule has 9 heteroatoms. The Bertz CT molecular complexity index is 636. The SMILES string of the molecule is O=[N+]([O-])c1cc(I)c(F)cc1NC1CCS(=O)(=O)CC1. The number of rotatable bonds is 3. The first-order valence-corrected chi connectivity index (χ1v) is 8.79. The van der Waals surface area contributed by atoms with E-state index in [1.165, 1.54) is 0 Å². The van der Waals surface area contributed by atoms with Crippen LogP contribution in [0.4, 0.5) is 15.8 Å². The minimum absolute atomic E-state index is 0.0469. The quantitative estimate of drug-likeness (QED) is 0.466. The number of hydrogen-bond acceptors (Lipinski definition) is 5. The molecule has 1 aromatic carbocycles. The second-order valence-electron chi connectivity index (χ2n) is 4.61. The molecule has 0 aromatic heterocycles. The summed E-state index contributed by atoms with van der Waals surface area (Å²) in [6.45, 7) is 0. The Morgan fingerprint density at radius 1 is 1.35 bits per heavy atom. The van der Waals surface area contributed by atoms with Crippen molar-refractivity contribution in [3.63, 3.8) is 0 Å². The number of nitro groups is 1. The predicted octanol–water partition coefficient (Wildman–Crippen LogP) is 2.33. The van der Waals surface area contributed by atoms with Crippen molar-refractivity contribution in [2.24, 2.45) is 0 Å². The van der Waals surface area contributed by atoms with Gasteiger partial charge in [0.05, 0.1) is 20.0 Å². The second-order valence-corrected chi connectivity index (χ2v) is 8.08. The summed E-state index contributed by atoms with van der Waals surface area (Å²) in [4.78, 5) is 10.4. The maximum absolute atomic E-state index is 13.5. The van der Waals surface area contributed by atoms with E-state index < -0.39 is 20.6 Å². The molecular formula is C11H12FIN2O4S. The summed E-state index contributed by atoms with van der Waals surface area (Å²) in [5.74, 6) is -0.446. The maximum atomic E-state index is 13.5. The van der Waals surface area contributed by atoms with E-state index in [-0.39, 0.29) is 32.5 Å². The van der Waals surface area contributed by atoms with E-state index in [1.54, 1.807) is 22.6 Å². The minimum atomic E-state index is -3.00. The number of sulfone groups is 1. The number of nitrogens with one attached hydrogen (secondary N) is 1. The molecule has 0 amide bonds. The monoisotopic (exact) mass is 414 g/mol. The van der Waals surface area contributed by atoms with Crippen LogP contribution >= 0.6 is 22.6 Å². The van der Waals surface area contributed by atoms with Crippen LogP contribution in [0, 0.1) is 19.5 Å². The molecular weight excluding hydrogens is 402 g/mol. The first-order valence-electron chi connectivity index (χ1n) is 5.89. The largest absolute Gasteiger partial charge is 0.377 e. The van der Waals surface area contributed by atoms with Gasteiger partial charge >= 0.3 is 0 Å². The van der Waals surface area contributed by atoms with E-state index in [1.807, 2.05) is 0 Å². The van der Waals surface area contributed by atoms with E-state index in [2.05, 4.69) is 5.32 Å². The summed E-state index contributed by atoms with van der Waals surface area (Å²) in [5.41, 5.74) is -0.110. The molecule has 0 saturated carbocycles. The lowest BCUT2D eigenvalue weighted by Crippen LogP contribution is -2.32. The van der Waals surface area contributed by atoms with Crippen LogP contribution in [0.1, 0.15) is 12.8 Å². The topological polar surface area (TPSA) is 89.3 Å². The van der Waals surface area contributed by atoms with Crippen LogP contribution in [0.2, 0.25) is 0 Å². The summed E-state index contributed by atoms with van der Waals surface area (Å²) >= 11 is 1.69. The summed E-state index contributed by atoms with van der Waals surface area (Å²) in [6, 6.07) is 2.05. The zero-order chi connectivity index (χ0) is 14.9. The Morgan fingerprint density at radius 3 is 2.50 bits per heavy atom. The molecule has 0 aliphatic carbocycles. The molecule has 110 valence electrons. The first kappa shape index (κ1) is 15.4. The predicted molar refractivity (Wildman–Crippen MR) is 81.1 cm³/mol. The molecule has 1 N–H and O–H groups in total. The Balaban J connectivity index is 2.21. The second kappa shape index (κ2) is 5.80. The Kier molecular flexibility index (Phi) is 4.47. The molecule has 20 heavy (non-hydrogen) atoms. The minimum Gasteiger partial charge on any atom is -0.377 e.